The number of benzene rings is 10. The third-order valence-electron chi connectivity index (χ3n) is 14.5. The van der Waals surface area contributed by atoms with Gasteiger partial charge in [0.2, 0.25) is 0 Å². The third kappa shape index (κ3) is 5.96. The molecule has 6 aromatic heterocycles. The van der Waals surface area contributed by atoms with Gasteiger partial charge in [-0.2, -0.15) is 0 Å². The van der Waals surface area contributed by atoms with Crippen LogP contribution in [0, 0.1) is 0 Å². The van der Waals surface area contributed by atoms with Crippen LogP contribution in [0.1, 0.15) is 0 Å². The number of fused-ring (bicyclic) bond motifs is 15. The number of furan rings is 2. The van der Waals surface area contributed by atoms with E-state index in [2.05, 4.69) is 178 Å². The van der Waals surface area contributed by atoms with Crippen molar-refractivity contribution in [1.82, 2.24) is 29.1 Å². The van der Waals surface area contributed by atoms with Crippen LogP contribution in [0.3, 0.4) is 0 Å². The Morgan fingerprint density at radius 1 is 0.301 bits per heavy atom. The molecular weight excluding hydrogens is 901 g/mol. The quantitative estimate of drug-likeness (QED) is 0.164. The lowest BCUT2D eigenvalue weighted by atomic mass is 9.99. The van der Waals surface area contributed by atoms with Gasteiger partial charge >= 0.3 is 0 Å². The first-order valence-corrected chi connectivity index (χ1v) is 24.3. The maximum absolute atomic E-state index is 6.60. The molecule has 0 atom stereocenters. The second-order valence-corrected chi connectivity index (χ2v) is 18.6. The molecule has 0 aliphatic carbocycles. The number of oxazole rings is 1. The van der Waals surface area contributed by atoms with Crippen molar-refractivity contribution in [1.29, 1.82) is 0 Å². The number of hydrogen-bond donors (Lipinski definition) is 0. The highest BCUT2D eigenvalue weighted by molar-refractivity contribution is 6.29. The normalized spacial score (nSPS) is 12.1. The molecule has 73 heavy (non-hydrogen) atoms. The van der Waals surface area contributed by atoms with Gasteiger partial charge in [0.15, 0.2) is 29.4 Å². The molecule has 16 rings (SSSR count). The zero-order valence-corrected chi connectivity index (χ0v) is 38.7. The monoisotopic (exact) mass is 936 g/mol. The molecule has 0 fully saturated rings. The van der Waals surface area contributed by atoms with Crippen molar-refractivity contribution in [3.63, 3.8) is 0 Å². The van der Waals surface area contributed by atoms with E-state index in [9.17, 15) is 0 Å². The Kier molecular flexibility index (Phi) is 8.26. The van der Waals surface area contributed by atoms with Crippen LogP contribution in [0.4, 0.5) is 0 Å². The van der Waals surface area contributed by atoms with Crippen LogP contribution < -0.4 is 0 Å². The van der Waals surface area contributed by atoms with Gasteiger partial charge in [0, 0.05) is 71.2 Å². The average Bonchev–Trinajstić information content (AvgIpc) is 4.29. The Bertz CT molecular complexity index is 4920. The summed E-state index contributed by atoms with van der Waals surface area (Å²) < 4.78 is 23.2. The topological polar surface area (TPSA) is 101 Å². The number of hydrogen-bond acceptors (Lipinski definition) is 7. The molecule has 0 saturated heterocycles. The summed E-state index contributed by atoms with van der Waals surface area (Å²) in [6.45, 7) is 0. The van der Waals surface area contributed by atoms with Crippen molar-refractivity contribution in [2.75, 3.05) is 0 Å². The SMILES string of the molecule is c1ccc(-c2nc(-c3ccc(-n4c5ccccc5c5c6c(ccc54)oc4ccccc46)cc3)nc(-c3cccc(-c4ccc5oc6ccc7c(c8ccccc8n7-c7ccc8ocnc8c7)c6c5c4)c3)n2)cc1. The van der Waals surface area contributed by atoms with E-state index in [1.165, 1.54) is 17.2 Å². The Morgan fingerprint density at radius 2 is 0.808 bits per heavy atom. The van der Waals surface area contributed by atoms with Gasteiger partial charge in [-0.25, -0.2) is 19.9 Å². The van der Waals surface area contributed by atoms with E-state index in [4.69, 9.17) is 28.2 Å². The molecular formula is C64H36N6O3. The maximum atomic E-state index is 6.60. The lowest BCUT2D eigenvalue weighted by Crippen LogP contribution is -2.00. The van der Waals surface area contributed by atoms with E-state index in [0.29, 0.717) is 17.5 Å². The minimum Gasteiger partial charge on any atom is -0.456 e. The van der Waals surface area contributed by atoms with Crippen molar-refractivity contribution in [2.45, 2.75) is 0 Å². The summed E-state index contributed by atoms with van der Waals surface area (Å²) in [5.41, 5.74) is 16.2. The highest BCUT2D eigenvalue weighted by atomic mass is 16.3. The zero-order chi connectivity index (χ0) is 47.7. The van der Waals surface area contributed by atoms with Crippen LogP contribution in [-0.4, -0.2) is 29.1 Å². The van der Waals surface area contributed by atoms with Crippen LogP contribution in [0.2, 0.25) is 0 Å². The number of nitrogens with zero attached hydrogens (tertiary/aromatic N) is 6. The Balaban J connectivity index is 0.812. The minimum absolute atomic E-state index is 0.585. The minimum atomic E-state index is 0.585. The molecule has 0 N–H and O–H groups in total. The van der Waals surface area contributed by atoms with Crippen molar-refractivity contribution < 1.29 is 13.3 Å². The summed E-state index contributed by atoms with van der Waals surface area (Å²) in [5, 5.41) is 8.99. The van der Waals surface area contributed by atoms with E-state index < -0.39 is 0 Å². The summed E-state index contributed by atoms with van der Waals surface area (Å²) >= 11 is 0. The smallest absolute Gasteiger partial charge is 0.181 e. The molecule has 0 aliphatic rings. The molecule has 10 aromatic carbocycles. The second-order valence-electron chi connectivity index (χ2n) is 18.6. The fourth-order valence-corrected chi connectivity index (χ4v) is 11.3. The van der Waals surface area contributed by atoms with Gasteiger partial charge in [0.1, 0.15) is 27.8 Å². The number of rotatable bonds is 6. The summed E-state index contributed by atoms with van der Waals surface area (Å²) in [6.07, 6.45) is 1.49. The largest absolute Gasteiger partial charge is 0.456 e. The van der Waals surface area contributed by atoms with Crippen LogP contribution in [0.15, 0.2) is 232 Å². The van der Waals surface area contributed by atoms with Gasteiger partial charge in [-0.1, -0.05) is 109 Å². The molecule has 9 nitrogen and oxygen atoms in total. The van der Waals surface area contributed by atoms with Crippen LogP contribution in [0.25, 0.3) is 155 Å². The summed E-state index contributed by atoms with van der Waals surface area (Å²) in [6, 6.07) is 73.7. The molecule has 16 aromatic rings. The highest BCUT2D eigenvalue weighted by Crippen LogP contribution is 2.44. The van der Waals surface area contributed by atoms with Gasteiger partial charge in [-0.05, 0) is 114 Å². The lowest BCUT2D eigenvalue weighted by Gasteiger charge is -2.11. The predicted octanol–water partition coefficient (Wildman–Crippen LogP) is 16.7. The number of aromatic nitrogens is 6. The van der Waals surface area contributed by atoms with E-state index >= 15 is 0 Å². The predicted molar refractivity (Wildman–Crippen MR) is 292 cm³/mol. The first-order valence-electron chi connectivity index (χ1n) is 24.3. The lowest BCUT2D eigenvalue weighted by molar-refractivity contribution is 0.602. The molecule has 6 heterocycles. The first kappa shape index (κ1) is 39.7. The summed E-state index contributed by atoms with van der Waals surface area (Å²) in [7, 11) is 0. The van der Waals surface area contributed by atoms with Crippen LogP contribution in [-0.2, 0) is 0 Å². The molecule has 340 valence electrons. The van der Waals surface area contributed by atoms with Gasteiger partial charge in [0.25, 0.3) is 0 Å². The van der Waals surface area contributed by atoms with Crippen LogP contribution in [0.5, 0.6) is 0 Å². The third-order valence-corrected chi connectivity index (χ3v) is 14.5. The molecule has 0 spiro atoms. The highest BCUT2D eigenvalue weighted by Gasteiger charge is 2.22. The van der Waals surface area contributed by atoms with Gasteiger partial charge in [-0.15, -0.1) is 0 Å². The standard InChI is InChI=1S/C64H36N6O3/c1-2-11-37(12-3-1)62-66-63(38-21-24-42(25-22-38)69-49-18-7-4-15-44(49)58-51(69)27-31-56-60(58)46-17-6-9-20-53(46)72-56)68-64(67-62)41-14-10-13-39(33-41)40-23-29-54-47(34-40)61-57(73-54)32-28-52-59(61)45-16-5-8-19-50(45)70(52)43-26-30-55-48(35-43)65-36-71-55/h1-36H. The van der Waals surface area contributed by atoms with E-state index in [0.717, 1.165) is 127 Å². The molecule has 0 saturated carbocycles. The Hall–Kier alpha value is -10.1. The zero-order valence-electron chi connectivity index (χ0n) is 38.7. The van der Waals surface area contributed by atoms with Crippen molar-refractivity contribution in [3.05, 3.63) is 219 Å². The van der Waals surface area contributed by atoms with E-state index in [1.54, 1.807) is 0 Å². The second kappa shape index (κ2) is 15.2. The summed E-state index contributed by atoms with van der Waals surface area (Å²) in [5.74, 6) is 1.77. The van der Waals surface area contributed by atoms with Crippen molar-refractivity contribution >= 4 is 98.6 Å². The van der Waals surface area contributed by atoms with E-state index in [1.807, 2.05) is 48.5 Å². The molecule has 0 aliphatic heterocycles. The Labute approximate surface area is 414 Å². The van der Waals surface area contributed by atoms with Crippen molar-refractivity contribution in [3.8, 4) is 56.7 Å². The fourth-order valence-electron chi connectivity index (χ4n) is 11.3. The molecule has 0 unspecified atom stereocenters. The van der Waals surface area contributed by atoms with Crippen molar-refractivity contribution in [2.24, 2.45) is 0 Å². The van der Waals surface area contributed by atoms with E-state index in [-0.39, 0.29) is 0 Å². The first-order chi connectivity index (χ1) is 36.2. The molecule has 9 heteroatoms. The summed E-state index contributed by atoms with van der Waals surface area (Å²) in [4.78, 5) is 19.9. The van der Waals surface area contributed by atoms with Gasteiger partial charge < -0.3 is 22.4 Å². The van der Waals surface area contributed by atoms with Gasteiger partial charge in [-0.3, -0.25) is 0 Å². The van der Waals surface area contributed by atoms with Gasteiger partial charge in [0.05, 0.1) is 22.1 Å². The molecule has 0 radical (unpaired) electrons. The van der Waals surface area contributed by atoms with Crippen LogP contribution >= 0.6 is 0 Å². The average molecular weight is 937 g/mol. The Morgan fingerprint density at radius 3 is 1.53 bits per heavy atom. The maximum Gasteiger partial charge on any atom is 0.181 e. The fraction of sp³-hybridized carbons (Fsp3) is 0. The molecule has 0 amide bonds. The molecule has 0 bridgehead atoms. The number of para-hydroxylation sites is 3.